The molecule has 0 atom stereocenters. The molecule has 0 unspecified atom stereocenters. The molecular formula is C22H26Cl2SiZr. The average molecular weight is 481 g/mol. The maximum absolute atomic E-state index is 2.49. The van der Waals surface area contributed by atoms with Gasteiger partial charge in [-0.05, 0) is 0 Å². The van der Waals surface area contributed by atoms with Crippen molar-refractivity contribution in [2.24, 2.45) is 0 Å². The second-order valence-corrected chi connectivity index (χ2v) is 16.8. The number of hydrogen-bond donors (Lipinski definition) is 0. The summed E-state index contributed by atoms with van der Waals surface area (Å²) in [6, 6.07) is 23.6. The standard InChI is InChI=1S/C13H11.C9H15Si.2ClH.Zr/c1-3-7-12(8-4-1)11-13-9-5-2-6-10-13;1-10(2,3)8-9-6-4-5-7-9;;;/h1-11H;4,6H,5,8H2,1-3H3;2*1H;/q;;;;+2/p-2. The minimum absolute atomic E-state index is 0. The van der Waals surface area contributed by atoms with Gasteiger partial charge in [-0.2, -0.15) is 0 Å². The third-order valence-corrected chi connectivity index (χ3v) is 10.3. The molecule has 0 spiro atoms. The van der Waals surface area contributed by atoms with E-state index in [0.717, 1.165) is 0 Å². The molecular weight excluding hydrogens is 454 g/mol. The molecule has 0 saturated heterocycles. The molecule has 2 aromatic carbocycles. The maximum Gasteiger partial charge on any atom is -1.00 e. The van der Waals surface area contributed by atoms with E-state index in [1.807, 2.05) is 3.28 Å². The Labute approximate surface area is 183 Å². The van der Waals surface area contributed by atoms with Gasteiger partial charge in [0.2, 0.25) is 0 Å². The van der Waals surface area contributed by atoms with Crippen LogP contribution >= 0.6 is 0 Å². The van der Waals surface area contributed by atoms with Crippen molar-refractivity contribution in [3.8, 4) is 0 Å². The van der Waals surface area contributed by atoms with Crippen LogP contribution in [-0.4, -0.2) is 8.07 Å². The second-order valence-electron chi connectivity index (χ2n) is 7.75. The van der Waals surface area contributed by atoms with E-state index in [2.05, 4.69) is 92.5 Å². The molecule has 1 aliphatic carbocycles. The average Bonchev–Trinajstić information content (AvgIpc) is 2.99. The predicted molar refractivity (Wildman–Crippen MR) is 104 cm³/mol. The van der Waals surface area contributed by atoms with E-state index in [-0.39, 0.29) is 24.8 Å². The molecule has 1 aliphatic rings. The number of allylic oxidation sites excluding steroid dienone is 4. The molecule has 0 nitrogen and oxygen atoms in total. The normalized spacial score (nSPS) is 13.2. The van der Waals surface area contributed by atoms with Crippen LogP contribution in [0.1, 0.15) is 21.2 Å². The van der Waals surface area contributed by atoms with Crippen molar-refractivity contribution in [2.45, 2.75) is 35.7 Å². The van der Waals surface area contributed by atoms with Gasteiger partial charge in [-0.1, -0.05) is 0 Å². The van der Waals surface area contributed by atoms with Gasteiger partial charge in [0.25, 0.3) is 0 Å². The number of rotatable bonds is 6. The summed E-state index contributed by atoms with van der Waals surface area (Å²) < 4.78 is 2.45. The SMILES string of the molecule is C[Si](C)(C)CC1=[C]([Zr+2][CH](c2ccccc2)c2ccccc2)CC=C1.[Cl-].[Cl-]. The van der Waals surface area contributed by atoms with E-state index in [1.165, 1.54) is 23.6 Å². The van der Waals surface area contributed by atoms with Crippen LogP contribution in [0, 0.1) is 0 Å². The molecule has 0 amide bonds. The van der Waals surface area contributed by atoms with Crippen molar-refractivity contribution >= 4 is 8.07 Å². The van der Waals surface area contributed by atoms with Gasteiger partial charge in [-0.3, -0.25) is 0 Å². The fraction of sp³-hybridized carbons (Fsp3) is 0.273. The van der Waals surface area contributed by atoms with Gasteiger partial charge >= 0.3 is 160 Å². The van der Waals surface area contributed by atoms with Gasteiger partial charge in [0.1, 0.15) is 0 Å². The van der Waals surface area contributed by atoms with Crippen molar-refractivity contribution < 1.29 is 48.0 Å². The van der Waals surface area contributed by atoms with Gasteiger partial charge < -0.3 is 24.8 Å². The Kier molecular flexibility index (Phi) is 9.83. The minimum atomic E-state index is -1.06. The first kappa shape index (κ1) is 23.6. The van der Waals surface area contributed by atoms with E-state index in [4.69, 9.17) is 0 Å². The fourth-order valence-electron chi connectivity index (χ4n) is 3.26. The predicted octanol–water partition coefficient (Wildman–Crippen LogP) is 0.419. The molecule has 0 radical (unpaired) electrons. The first-order valence-electron chi connectivity index (χ1n) is 8.78. The summed E-state index contributed by atoms with van der Waals surface area (Å²) in [5.74, 6) is 0. The van der Waals surface area contributed by atoms with Gasteiger partial charge in [-0.25, -0.2) is 0 Å². The molecule has 2 aromatic rings. The zero-order valence-electron chi connectivity index (χ0n) is 15.7. The Morgan fingerprint density at radius 2 is 1.35 bits per heavy atom. The Balaban J connectivity index is 0.00000169. The Bertz CT molecular complexity index is 694. The largest absolute Gasteiger partial charge is 1.00 e. The van der Waals surface area contributed by atoms with Crippen LogP contribution in [0.3, 0.4) is 0 Å². The first-order valence-corrected chi connectivity index (χ1v) is 15.1. The molecule has 0 aromatic heterocycles. The zero-order chi connectivity index (χ0) is 17.0. The monoisotopic (exact) mass is 478 g/mol. The summed E-state index contributed by atoms with van der Waals surface area (Å²) in [4.78, 5) is 0. The Morgan fingerprint density at radius 1 is 0.846 bits per heavy atom. The van der Waals surface area contributed by atoms with E-state index in [9.17, 15) is 0 Å². The van der Waals surface area contributed by atoms with Crippen LogP contribution in [0.15, 0.2) is 81.7 Å². The van der Waals surface area contributed by atoms with Crippen molar-refractivity contribution in [3.63, 3.8) is 0 Å². The molecule has 4 heteroatoms. The molecule has 136 valence electrons. The Hall–Kier alpha value is -0.400. The zero-order valence-corrected chi connectivity index (χ0v) is 20.6. The third kappa shape index (κ3) is 6.64. The molecule has 26 heavy (non-hydrogen) atoms. The summed E-state index contributed by atoms with van der Waals surface area (Å²) in [5, 5.41) is 0. The molecule has 3 rings (SSSR count). The van der Waals surface area contributed by atoms with Gasteiger partial charge in [0.15, 0.2) is 0 Å². The van der Waals surface area contributed by atoms with E-state index in [0.29, 0.717) is 3.63 Å². The van der Waals surface area contributed by atoms with Crippen molar-refractivity contribution in [2.75, 3.05) is 0 Å². The molecule has 0 heterocycles. The second kappa shape index (κ2) is 10.8. The first-order chi connectivity index (χ1) is 11.5. The number of halogens is 2. The molecule has 0 saturated carbocycles. The van der Waals surface area contributed by atoms with E-state index in [1.54, 1.807) is 5.57 Å². The summed E-state index contributed by atoms with van der Waals surface area (Å²) in [7, 11) is -1.06. The Morgan fingerprint density at radius 3 is 1.81 bits per heavy atom. The summed E-state index contributed by atoms with van der Waals surface area (Å²) in [5.41, 5.74) is 4.70. The topological polar surface area (TPSA) is 0 Å². The molecule has 0 fully saturated rings. The van der Waals surface area contributed by atoms with Crippen LogP contribution in [0.25, 0.3) is 0 Å². The fourth-order valence-corrected chi connectivity index (χ4v) is 9.25. The van der Waals surface area contributed by atoms with Gasteiger partial charge in [0, 0.05) is 0 Å². The van der Waals surface area contributed by atoms with E-state index < -0.39 is 31.3 Å². The van der Waals surface area contributed by atoms with Crippen LogP contribution in [0.2, 0.25) is 25.7 Å². The van der Waals surface area contributed by atoms with Crippen LogP contribution in [-0.2, 0) is 23.2 Å². The van der Waals surface area contributed by atoms with Crippen LogP contribution in [0.4, 0.5) is 0 Å². The van der Waals surface area contributed by atoms with Crippen LogP contribution < -0.4 is 24.8 Å². The third-order valence-electron chi connectivity index (χ3n) is 4.33. The van der Waals surface area contributed by atoms with E-state index >= 15 is 0 Å². The molecule has 0 bridgehead atoms. The van der Waals surface area contributed by atoms with Crippen molar-refractivity contribution in [1.82, 2.24) is 0 Å². The van der Waals surface area contributed by atoms with Crippen molar-refractivity contribution in [3.05, 3.63) is 92.8 Å². The smallest absolute Gasteiger partial charge is 1.00 e. The summed E-state index contributed by atoms with van der Waals surface area (Å²) >= 11 is -0.710. The number of hydrogen-bond acceptors (Lipinski definition) is 0. The van der Waals surface area contributed by atoms with Crippen LogP contribution in [0.5, 0.6) is 0 Å². The minimum Gasteiger partial charge on any atom is -1.00 e. The molecule has 0 aliphatic heterocycles. The summed E-state index contributed by atoms with van der Waals surface area (Å²) in [6.45, 7) is 7.46. The molecule has 0 N–H and O–H groups in total. The van der Waals surface area contributed by atoms with Gasteiger partial charge in [-0.15, -0.1) is 0 Å². The maximum atomic E-state index is 2.49. The summed E-state index contributed by atoms with van der Waals surface area (Å²) in [6.07, 6.45) is 6.04. The van der Waals surface area contributed by atoms with Gasteiger partial charge in [0.05, 0.1) is 0 Å². The quantitative estimate of drug-likeness (QED) is 0.526. The number of benzene rings is 2. The van der Waals surface area contributed by atoms with Crippen molar-refractivity contribution in [1.29, 1.82) is 0 Å².